The molecule has 0 spiro atoms. The molecule has 1 aromatic carbocycles. The van der Waals surface area contributed by atoms with Gasteiger partial charge in [0.1, 0.15) is 16.9 Å². The molecule has 0 bridgehead atoms. The van der Waals surface area contributed by atoms with Crippen molar-refractivity contribution in [1.29, 1.82) is 0 Å². The first-order valence-corrected chi connectivity index (χ1v) is 9.46. The second-order valence-corrected chi connectivity index (χ2v) is 7.77. The van der Waals surface area contributed by atoms with Gasteiger partial charge in [0.05, 0.1) is 5.39 Å². The molecule has 0 unspecified atom stereocenters. The number of hydrogen-bond donors (Lipinski definition) is 0. The van der Waals surface area contributed by atoms with Gasteiger partial charge in [0, 0.05) is 17.5 Å². The van der Waals surface area contributed by atoms with E-state index in [0.29, 0.717) is 5.65 Å². The minimum Gasteiger partial charge on any atom is -0.264 e. The van der Waals surface area contributed by atoms with Gasteiger partial charge in [-0.2, -0.15) is 18.3 Å². The molecule has 5 rings (SSSR count). The summed E-state index contributed by atoms with van der Waals surface area (Å²) in [6.07, 6.45) is -3.01. The highest BCUT2D eigenvalue weighted by molar-refractivity contribution is 7.19. The highest BCUT2D eigenvalue weighted by atomic mass is 32.1. The smallest absolute Gasteiger partial charge is 0.264 e. The van der Waals surface area contributed by atoms with Crippen molar-refractivity contribution in [2.24, 2.45) is 7.05 Å². The summed E-state index contributed by atoms with van der Waals surface area (Å²) in [6.45, 7) is 2.01. The number of hydrogen-bond acceptors (Lipinski definition) is 5. The number of rotatable bonds is 2. The van der Waals surface area contributed by atoms with Crippen molar-refractivity contribution in [1.82, 2.24) is 29.4 Å². The van der Waals surface area contributed by atoms with E-state index in [4.69, 9.17) is 0 Å². The zero-order valence-corrected chi connectivity index (χ0v) is 16.1. The molecule has 0 amide bonds. The van der Waals surface area contributed by atoms with Crippen LogP contribution in [0, 0.1) is 6.92 Å². The maximum absolute atomic E-state index is 13.0. The van der Waals surface area contributed by atoms with Crippen LogP contribution >= 0.6 is 11.3 Å². The van der Waals surface area contributed by atoms with Gasteiger partial charge >= 0.3 is 6.18 Å². The van der Waals surface area contributed by atoms with Crippen LogP contribution in [0.1, 0.15) is 10.6 Å². The maximum atomic E-state index is 13.0. The van der Waals surface area contributed by atoms with Gasteiger partial charge in [0.2, 0.25) is 0 Å². The number of alkyl halides is 3. The molecule has 10 heteroatoms. The van der Waals surface area contributed by atoms with Crippen molar-refractivity contribution in [2.75, 3.05) is 0 Å². The van der Waals surface area contributed by atoms with Crippen LogP contribution in [0.5, 0.6) is 0 Å². The molecule has 6 nitrogen and oxygen atoms in total. The largest absolute Gasteiger partial charge is 0.435 e. The fourth-order valence-corrected chi connectivity index (χ4v) is 4.39. The molecule has 146 valence electrons. The van der Waals surface area contributed by atoms with Gasteiger partial charge < -0.3 is 0 Å². The Labute approximate surface area is 166 Å². The van der Waals surface area contributed by atoms with Crippen molar-refractivity contribution in [3.8, 4) is 22.6 Å². The van der Waals surface area contributed by atoms with Crippen LogP contribution in [0.4, 0.5) is 13.2 Å². The van der Waals surface area contributed by atoms with Crippen molar-refractivity contribution in [2.45, 2.75) is 13.1 Å². The highest BCUT2D eigenvalue weighted by Gasteiger charge is 2.35. The summed E-state index contributed by atoms with van der Waals surface area (Å²) in [7, 11) is 1.44. The van der Waals surface area contributed by atoms with E-state index in [9.17, 15) is 13.2 Å². The lowest BCUT2D eigenvalue weighted by Gasteiger charge is -2.02. The lowest BCUT2D eigenvalue weighted by Crippen LogP contribution is -2.06. The predicted molar refractivity (Wildman–Crippen MR) is 104 cm³/mol. The third-order valence-corrected chi connectivity index (χ3v) is 5.68. The Balaban J connectivity index is 1.76. The summed E-state index contributed by atoms with van der Waals surface area (Å²) in [5.74, 6) is 0.160. The summed E-state index contributed by atoms with van der Waals surface area (Å²) in [5, 5.41) is 8.73. The van der Waals surface area contributed by atoms with Crippen molar-refractivity contribution in [3.63, 3.8) is 0 Å². The van der Waals surface area contributed by atoms with Crippen LogP contribution in [0.2, 0.25) is 0 Å². The number of aromatic nitrogens is 6. The monoisotopic (exact) mass is 414 g/mol. The second-order valence-electron chi connectivity index (χ2n) is 6.56. The van der Waals surface area contributed by atoms with E-state index in [1.165, 1.54) is 17.9 Å². The first kappa shape index (κ1) is 17.8. The molecule has 0 N–H and O–H groups in total. The molecule has 4 heterocycles. The molecule has 0 radical (unpaired) electrons. The zero-order valence-electron chi connectivity index (χ0n) is 15.3. The molecular weight excluding hydrogens is 401 g/mol. The van der Waals surface area contributed by atoms with Crippen LogP contribution < -0.4 is 0 Å². The fraction of sp³-hybridized carbons (Fsp3) is 0.158. The third-order valence-electron chi connectivity index (χ3n) is 4.67. The van der Waals surface area contributed by atoms with E-state index in [2.05, 4.69) is 20.2 Å². The topological polar surface area (TPSA) is 60.9 Å². The van der Waals surface area contributed by atoms with Gasteiger partial charge in [-0.3, -0.25) is 4.68 Å². The Hall–Kier alpha value is -3.27. The Bertz CT molecular complexity index is 1360. The molecule has 4 aromatic heterocycles. The Kier molecular flexibility index (Phi) is 3.75. The molecule has 0 aliphatic carbocycles. The van der Waals surface area contributed by atoms with Crippen LogP contribution in [-0.4, -0.2) is 29.4 Å². The summed E-state index contributed by atoms with van der Waals surface area (Å²) in [5.41, 5.74) is 1.78. The minimum absolute atomic E-state index is 0.160. The first-order chi connectivity index (χ1) is 13.8. The average molecular weight is 414 g/mol. The molecule has 0 aliphatic heterocycles. The van der Waals surface area contributed by atoms with Gasteiger partial charge in [0.25, 0.3) is 0 Å². The molecule has 0 aliphatic rings. The zero-order chi connectivity index (χ0) is 20.3. The van der Waals surface area contributed by atoms with Gasteiger partial charge in [-0.1, -0.05) is 30.3 Å². The van der Waals surface area contributed by atoms with E-state index < -0.39 is 11.9 Å². The van der Waals surface area contributed by atoms with Gasteiger partial charge in [-0.15, -0.1) is 16.4 Å². The van der Waals surface area contributed by atoms with Gasteiger partial charge in [-0.25, -0.2) is 14.5 Å². The van der Waals surface area contributed by atoms with E-state index in [-0.39, 0.29) is 11.5 Å². The predicted octanol–water partition coefficient (Wildman–Crippen LogP) is 4.73. The number of thiophene rings is 1. The van der Waals surface area contributed by atoms with Crippen LogP contribution in [0.25, 0.3) is 38.5 Å². The fourth-order valence-electron chi connectivity index (χ4n) is 3.39. The molecular formula is C19H13F3N6S. The van der Waals surface area contributed by atoms with Crippen LogP contribution in [0.3, 0.4) is 0 Å². The molecule has 0 fully saturated rings. The van der Waals surface area contributed by atoms with Gasteiger partial charge in [0.15, 0.2) is 17.2 Å². The van der Waals surface area contributed by atoms with Crippen molar-refractivity contribution < 1.29 is 13.2 Å². The summed E-state index contributed by atoms with van der Waals surface area (Å²) in [4.78, 5) is 10.9. The first-order valence-electron chi connectivity index (χ1n) is 8.64. The maximum Gasteiger partial charge on any atom is 0.435 e. The standard InChI is InChI=1S/C19H13F3N6S/c1-10-14(11-6-4-3-5-7-11)15-17-24-16(26-28(17)9-23-18(15)29-10)12-8-13(19(20,21)22)25-27(12)2/h3-9H,1-2H3. The SMILES string of the molecule is Cc1sc2ncn3nc(-c4cc(C(F)(F)F)nn4C)nc3c2c1-c1ccccc1. The summed E-state index contributed by atoms with van der Waals surface area (Å²) >= 11 is 1.55. The van der Waals surface area contributed by atoms with E-state index >= 15 is 0 Å². The summed E-state index contributed by atoms with van der Waals surface area (Å²) < 4.78 is 41.7. The quantitative estimate of drug-likeness (QED) is 0.419. The number of benzene rings is 1. The van der Waals surface area contributed by atoms with E-state index in [0.717, 1.165) is 37.0 Å². The van der Waals surface area contributed by atoms with Crippen LogP contribution in [-0.2, 0) is 13.2 Å². The lowest BCUT2D eigenvalue weighted by atomic mass is 10.0. The number of aryl methyl sites for hydroxylation is 2. The van der Waals surface area contributed by atoms with Crippen molar-refractivity contribution >= 4 is 27.2 Å². The molecule has 0 saturated carbocycles. The average Bonchev–Trinajstić information content (AvgIpc) is 3.35. The molecule has 29 heavy (non-hydrogen) atoms. The Morgan fingerprint density at radius 1 is 1.07 bits per heavy atom. The normalized spacial score (nSPS) is 12.3. The molecule has 5 aromatic rings. The van der Waals surface area contributed by atoms with E-state index in [1.54, 1.807) is 11.3 Å². The Morgan fingerprint density at radius 3 is 2.52 bits per heavy atom. The third kappa shape index (κ3) is 2.79. The number of fused-ring (bicyclic) bond motifs is 3. The van der Waals surface area contributed by atoms with Crippen LogP contribution in [0.15, 0.2) is 42.7 Å². The van der Waals surface area contributed by atoms with E-state index in [1.807, 2.05) is 37.3 Å². The minimum atomic E-state index is -4.53. The Morgan fingerprint density at radius 2 is 1.83 bits per heavy atom. The van der Waals surface area contributed by atoms with Gasteiger partial charge in [-0.05, 0) is 18.6 Å². The number of halogens is 3. The van der Waals surface area contributed by atoms with Crippen molar-refractivity contribution in [3.05, 3.63) is 53.3 Å². The lowest BCUT2D eigenvalue weighted by molar-refractivity contribution is -0.141. The highest BCUT2D eigenvalue weighted by Crippen LogP contribution is 2.39. The summed E-state index contributed by atoms with van der Waals surface area (Å²) in [6, 6.07) is 10.8. The number of nitrogens with zero attached hydrogens (tertiary/aromatic N) is 6. The molecule has 0 saturated heterocycles. The molecule has 0 atom stereocenters. The second kappa shape index (κ2) is 6.11.